The Bertz CT molecular complexity index is 891. The van der Waals surface area contributed by atoms with E-state index >= 15 is 0 Å². The summed E-state index contributed by atoms with van der Waals surface area (Å²) in [5, 5.41) is 13.1. The van der Waals surface area contributed by atoms with E-state index in [1.165, 1.54) is 10.8 Å². The summed E-state index contributed by atoms with van der Waals surface area (Å²) >= 11 is 0. The van der Waals surface area contributed by atoms with Crippen molar-refractivity contribution in [3.8, 4) is 0 Å². The summed E-state index contributed by atoms with van der Waals surface area (Å²) in [6, 6.07) is 23.9. The molecule has 25 heavy (non-hydrogen) atoms. The van der Waals surface area contributed by atoms with Crippen LogP contribution in [0.2, 0.25) is 0 Å². The zero-order valence-corrected chi connectivity index (χ0v) is 14.0. The van der Waals surface area contributed by atoms with Crippen molar-refractivity contribution < 1.29 is 9.90 Å². The second-order valence-corrected chi connectivity index (χ2v) is 6.69. The monoisotopic (exact) mass is 331 g/mol. The average molecular weight is 331 g/mol. The summed E-state index contributed by atoms with van der Waals surface area (Å²) in [7, 11) is 0. The molecule has 126 valence electrons. The summed E-state index contributed by atoms with van der Waals surface area (Å²) in [5.41, 5.74) is 1.83. The van der Waals surface area contributed by atoms with Gasteiger partial charge in [-0.3, -0.25) is 4.79 Å². The molecule has 2 atom stereocenters. The minimum Gasteiger partial charge on any atom is -0.391 e. The van der Waals surface area contributed by atoms with Gasteiger partial charge in [-0.15, -0.1) is 0 Å². The molecule has 3 nitrogen and oxygen atoms in total. The summed E-state index contributed by atoms with van der Waals surface area (Å²) in [4.78, 5) is 14.3. The van der Waals surface area contributed by atoms with Crippen molar-refractivity contribution in [2.24, 2.45) is 0 Å². The lowest BCUT2D eigenvalue weighted by atomic mass is 9.86. The average Bonchev–Trinajstić information content (AvgIpc) is 2.67. The highest BCUT2D eigenvalue weighted by Crippen LogP contribution is 2.31. The van der Waals surface area contributed by atoms with Crippen LogP contribution in [0.3, 0.4) is 0 Å². The lowest BCUT2D eigenvalue weighted by Gasteiger charge is -2.36. The third-order valence-electron chi connectivity index (χ3n) is 5.09. The molecule has 3 aromatic carbocycles. The highest BCUT2D eigenvalue weighted by atomic mass is 16.3. The first kappa shape index (κ1) is 15.9. The zero-order valence-electron chi connectivity index (χ0n) is 14.0. The minimum absolute atomic E-state index is 0.00314. The molecule has 0 aromatic heterocycles. The Morgan fingerprint density at radius 3 is 2.40 bits per heavy atom. The van der Waals surface area contributed by atoms with Crippen LogP contribution < -0.4 is 0 Å². The first-order chi connectivity index (χ1) is 12.2. The number of amides is 1. The second-order valence-electron chi connectivity index (χ2n) is 6.69. The van der Waals surface area contributed by atoms with Gasteiger partial charge in [0.1, 0.15) is 0 Å². The molecule has 1 amide bonds. The van der Waals surface area contributed by atoms with Crippen LogP contribution in [-0.4, -0.2) is 35.1 Å². The topological polar surface area (TPSA) is 40.5 Å². The largest absolute Gasteiger partial charge is 0.391 e. The van der Waals surface area contributed by atoms with E-state index in [0.29, 0.717) is 18.7 Å². The number of likely N-dealkylation sites (tertiary alicyclic amines) is 1. The van der Waals surface area contributed by atoms with Crippen molar-refractivity contribution in [2.45, 2.75) is 18.4 Å². The molecular formula is C22H21NO2. The van der Waals surface area contributed by atoms with E-state index in [1.54, 1.807) is 4.90 Å². The summed E-state index contributed by atoms with van der Waals surface area (Å²) in [6.45, 7) is 1.05. The van der Waals surface area contributed by atoms with E-state index < -0.39 is 6.10 Å². The van der Waals surface area contributed by atoms with Gasteiger partial charge in [-0.05, 0) is 34.9 Å². The highest BCUT2D eigenvalue weighted by Gasteiger charge is 2.31. The molecular weight excluding hydrogens is 310 g/mol. The van der Waals surface area contributed by atoms with Gasteiger partial charge in [0.05, 0.1) is 6.10 Å². The van der Waals surface area contributed by atoms with Gasteiger partial charge < -0.3 is 10.0 Å². The third-order valence-corrected chi connectivity index (χ3v) is 5.09. The van der Waals surface area contributed by atoms with Gasteiger partial charge >= 0.3 is 0 Å². The molecule has 1 saturated heterocycles. The molecule has 1 fully saturated rings. The predicted molar refractivity (Wildman–Crippen MR) is 99.7 cm³/mol. The predicted octanol–water partition coefficient (Wildman–Crippen LogP) is 3.83. The van der Waals surface area contributed by atoms with E-state index in [2.05, 4.69) is 30.3 Å². The Labute approximate surface area is 147 Å². The first-order valence-corrected chi connectivity index (χ1v) is 8.73. The Hall–Kier alpha value is -2.65. The molecule has 0 aliphatic carbocycles. The Kier molecular flexibility index (Phi) is 4.24. The minimum atomic E-state index is -0.539. The van der Waals surface area contributed by atoms with Crippen molar-refractivity contribution in [1.29, 1.82) is 0 Å². The van der Waals surface area contributed by atoms with Gasteiger partial charge in [-0.2, -0.15) is 0 Å². The van der Waals surface area contributed by atoms with Crippen LogP contribution in [0.5, 0.6) is 0 Å². The van der Waals surface area contributed by atoms with Gasteiger partial charge in [0, 0.05) is 24.6 Å². The van der Waals surface area contributed by atoms with Crippen molar-refractivity contribution in [2.75, 3.05) is 13.1 Å². The fourth-order valence-corrected chi connectivity index (χ4v) is 3.71. The van der Waals surface area contributed by atoms with E-state index in [1.807, 2.05) is 42.5 Å². The smallest absolute Gasteiger partial charge is 0.253 e. The Morgan fingerprint density at radius 1 is 0.920 bits per heavy atom. The molecule has 1 heterocycles. The van der Waals surface area contributed by atoms with E-state index in [4.69, 9.17) is 0 Å². The van der Waals surface area contributed by atoms with Crippen LogP contribution in [0.1, 0.15) is 28.3 Å². The van der Waals surface area contributed by atoms with Crippen molar-refractivity contribution in [3.05, 3.63) is 83.9 Å². The van der Waals surface area contributed by atoms with E-state index in [0.717, 1.165) is 12.0 Å². The molecule has 2 unspecified atom stereocenters. The number of rotatable bonds is 2. The molecule has 3 aromatic rings. The lowest BCUT2D eigenvalue weighted by Crippen LogP contribution is -2.45. The van der Waals surface area contributed by atoms with Crippen molar-refractivity contribution in [3.63, 3.8) is 0 Å². The first-order valence-electron chi connectivity index (χ1n) is 8.73. The van der Waals surface area contributed by atoms with Crippen molar-refractivity contribution in [1.82, 2.24) is 4.90 Å². The van der Waals surface area contributed by atoms with Crippen LogP contribution in [-0.2, 0) is 0 Å². The number of aliphatic hydroxyl groups is 1. The molecule has 1 N–H and O–H groups in total. The van der Waals surface area contributed by atoms with Crippen LogP contribution in [0, 0.1) is 0 Å². The number of piperidine rings is 1. The number of aliphatic hydroxyl groups excluding tert-OH is 1. The van der Waals surface area contributed by atoms with Crippen LogP contribution >= 0.6 is 0 Å². The molecule has 0 radical (unpaired) electrons. The summed E-state index contributed by atoms with van der Waals surface area (Å²) < 4.78 is 0. The maximum Gasteiger partial charge on any atom is 0.253 e. The van der Waals surface area contributed by atoms with Gasteiger partial charge in [0.15, 0.2) is 0 Å². The van der Waals surface area contributed by atoms with Crippen LogP contribution in [0.15, 0.2) is 72.8 Å². The summed E-state index contributed by atoms with van der Waals surface area (Å²) in [5.74, 6) is 0.0704. The van der Waals surface area contributed by atoms with E-state index in [-0.39, 0.29) is 11.8 Å². The number of carbonyl (C=O) groups excluding carboxylic acids is 1. The molecule has 0 spiro atoms. The number of β-amino-alcohol motifs (C(OH)–C–C–N with tert-alkyl or cyclic N) is 1. The number of hydrogen-bond donors (Lipinski definition) is 1. The molecule has 1 aliphatic rings. The standard InChI is InChI=1S/C22H21NO2/c24-21-15-23(22(25)17-7-2-1-3-8-17)13-12-20(21)19-11-10-16-6-4-5-9-18(16)14-19/h1-11,14,20-21,24H,12-13,15H2. The number of benzene rings is 3. The van der Waals surface area contributed by atoms with Gasteiger partial charge in [0.25, 0.3) is 5.91 Å². The van der Waals surface area contributed by atoms with Gasteiger partial charge in [0.2, 0.25) is 0 Å². The van der Waals surface area contributed by atoms with Gasteiger partial charge in [-0.1, -0.05) is 60.7 Å². The maximum absolute atomic E-state index is 12.6. The molecule has 0 bridgehead atoms. The number of nitrogens with zero attached hydrogens (tertiary/aromatic N) is 1. The zero-order chi connectivity index (χ0) is 17.2. The SMILES string of the molecule is O=C(c1ccccc1)N1CCC(c2ccc3ccccc3c2)C(O)C1. The fourth-order valence-electron chi connectivity index (χ4n) is 3.71. The number of hydrogen-bond acceptors (Lipinski definition) is 2. The van der Waals surface area contributed by atoms with E-state index in [9.17, 15) is 9.90 Å². The molecule has 4 rings (SSSR count). The third kappa shape index (κ3) is 3.15. The van der Waals surface area contributed by atoms with Gasteiger partial charge in [-0.25, -0.2) is 0 Å². The normalized spacial score (nSPS) is 20.6. The van der Waals surface area contributed by atoms with Crippen LogP contribution in [0.4, 0.5) is 0 Å². The Balaban J connectivity index is 1.52. The summed E-state index contributed by atoms with van der Waals surface area (Å²) in [6.07, 6.45) is 0.237. The highest BCUT2D eigenvalue weighted by molar-refractivity contribution is 5.94. The lowest BCUT2D eigenvalue weighted by molar-refractivity contribution is 0.0382. The van der Waals surface area contributed by atoms with Crippen molar-refractivity contribution >= 4 is 16.7 Å². The quantitative estimate of drug-likeness (QED) is 0.775. The second kappa shape index (κ2) is 6.69. The van der Waals surface area contributed by atoms with Crippen LogP contribution in [0.25, 0.3) is 10.8 Å². The molecule has 3 heteroatoms. The molecule has 0 saturated carbocycles. The fraction of sp³-hybridized carbons (Fsp3) is 0.227. The maximum atomic E-state index is 12.6. The Morgan fingerprint density at radius 2 is 1.64 bits per heavy atom. The number of carbonyl (C=O) groups is 1. The number of fused-ring (bicyclic) bond motifs is 1. The molecule has 1 aliphatic heterocycles.